The number of hydrogen-bond acceptors (Lipinski definition) is 3. The molecule has 0 unspecified atom stereocenters. The van der Waals surface area contributed by atoms with E-state index >= 15 is 0 Å². The normalized spacial score (nSPS) is 11.2. The number of nitrogens with zero attached hydrogens (tertiary/aromatic N) is 3. The van der Waals surface area contributed by atoms with Gasteiger partial charge in [-0.2, -0.15) is 0 Å². The van der Waals surface area contributed by atoms with Gasteiger partial charge < -0.3 is 0 Å². The predicted molar refractivity (Wildman–Crippen MR) is 78.0 cm³/mol. The van der Waals surface area contributed by atoms with E-state index in [1.54, 1.807) is 0 Å². The highest BCUT2D eigenvalue weighted by molar-refractivity contribution is 5.81. The number of nitrogens with one attached hydrogen (secondary N) is 1. The standard InChI is InChI=1S/C15H16N4O/c1-8-5-9(2)16-7-12(8)14-11(4)18-19-13(20)6-10(3)17-15(14)19/h5-7,18H,1-4H3. The van der Waals surface area contributed by atoms with Gasteiger partial charge in [0.25, 0.3) is 5.56 Å². The molecule has 0 atom stereocenters. The van der Waals surface area contributed by atoms with Crippen LogP contribution in [0.2, 0.25) is 0 Å². The molecular formula is C15H16N4O. The van der Waals surface area contributed by atoms with Crippen molar-refractivity contribution < 1.29 is 0 Å². The van der Waals surface area contributed by atoms with E-state index in [9.17, 15) is 4.79 Å². The lowest BCUT2D eigenvalue weighted by Gasteiger charge is -2.06. The van der Waals surface area contributed by atoms with E-state index < -0.39 is 0 Å². The van der Waals surface area contributed by atoms with Gasteiger partial charge in [0, 0.05) is 40.5 Å². The van der Waals surface area contributed by atoms with Crippen molar-refractivity contribution in [1.82, 2.24) is 19.6 Å². The first-order chi connectivity index (χ1) is 9.47. The molecule has 3 rings (SSSR count). The molecular weight excluding hydrogens is 252 g/mol. The highest BCUT2D eigenvalue weighted by Crippen LogP contribution is 2.28. The Morgan fingerprint density at radius 1 is 1.10 bits per heavy atom. The van der Waals surface area contributed by atoms with Crippen LogP contribution in [0.3, 0.4) is 0 Å². The zero-order valence-electron chi connectivity index (χ0n) is 12.0. The van der Waals surface area contributed by atoms with Crippen molar-refractivity contribution in [2.24, 2.45) is 0 Å². The van der Waals surface area contributed by atoms with E-state index in [4.69, 9.17) is 0 Å². The lowest BCUT2D eigenvalue weighted by Crippen LogP contribution is -2.14. The summed E-state index contributed by atoms with van der Waals surface area (Å²) in [7, 11) is 0. The Morgan fingerprint density at radius 3 is 2.55 bits per heavy atom. The molecule has 5 nitrogen and oxygen atoms in total. The minimum Gasteiger partial charge on any atom is -0.293 e. The van der Waals surface area contributed by atoms with Gasteiger partial charge in [-0.25, -0.2) is 9.50 Å². The van der Waals surface area contributed by atoms with Crippen LogP contribution in [-0.4, -0.2) is 19.6 Å². The van der Waals surface area contributed by atoms with Crippen molar-refractivity contribution in [2.45, 2.75) is 27.7 Å². The first kappa shape index (κ1) is 12.6. The van der Waals surface area contributed by atoms with Gasteiger partial charge in [-0.1, -0.05) is 0 Å². The van der Waals surface area contributed by atoms with Gasteiger partial charge >= 0.3 is 0 Å². The number of aromatic nitrogens is 4. The van der Waals surface area contributed by atoms with Crippen molar-refractivity contribution in [3.8, 4) is 11.1 Å². The number of H-pyrrole nitrogens is 1. The summed E-state index contributed by atoms with van der Waals surface area (Å²) in [5, 5.41) is 3.08. The minimum atomic E-state index is -0.0976. The summed E-state index contributed by atoms with van der Waals surface area (Å²) in [6.45, 7) is 7.78. The maximum Gasteiger partial charge on any atom is 0.272 e. The van der Waals surface area contributed by atoms with Crippen LogP contribution in [0.1, 0.15) is 22.6 Å². The van der Waals surface area contributed by atoms with Crippen molar-refractivity contribution in [3.63, 3.8) is 0 Å². The number of pyridine rings is 1. The topological polar surface area (TPSA) is 63.0 Å². The summed E-state index contributed by atoms with van der Waals surface area (Å²) in [5.74, 6) is 0. The Kier molecular flexibility index (Phi) is 2.71. The molecule has 0 aromatic carbocycles. The summed E-state index contributed by atoms with van der Waals surface area (Å²) < 4.78 is 1.48. The van der Waals surface area contributed by atoms with Crippen LogP contribution in [0.25, 0.3) is 16.8 Å². The van der Waals surface area contributed by atoms with E-state index in [0.717, 1.165) is 28.1 Å². The molecule has 3 heterocycles. The Morgan fingerprint density at radius 2 is 1.85 bits per heavy atom. The number of rotatable bonds is 1. The van der Waals surface area contributed by atoms with E-state index in [1.165, 1.54) is 10.6 Å². The highest BCUT2D eigenvalue weighted by Gasteiger charge is 2.15. The van der Waals surface area contributed by atoms with Crippen LogP contribution in [0.4, 0.5) is 0 Å². The predicted octanol–water partition coefficient (Wildman–Crippen LogP) is 2.32. The van der Waals surface area contributed by atoms with Gasteiger partial charge in [0.05, 0.1) is 0 Å². The van der Waals surface area contributed by atoms with Gasteiger partial charge in [-0.3, -0.25) is 14.9 Å². The second kappa shape index (κ2) is 4.30. The van der Waals surface area contributed by atoms with Crippen molar-refractivity contribution >= 4 is 5.65 Å². The Balaban J connectivity index is 2.42. The molecule has 0 amide bonds. The molecule has 1 N–H and O–H groups in total. The highest BCUT2D eigenvalue weighted by atomic mass is 16.1. The average molecular weight is 268 g/mol. The van der Waals surface area contributed by atoms with Gasteiger partial charge in [-0.15, -0.1) is 0 Å². The maximum absolute atomic E-state index is 12.0. The Bertz CT molecular complexity index is 873. The molecule has 0 radical (unpaired) electrons. The summed E-state index contributed by atoms with van der Waals surface area (Å²) in [6, 6.07) is 3.55. The van der Waals surface area contributed by atoms with Gasteiger partial charge in [0.1, 0.15) is 0 Å². The summed E-state index contributed by atoms with van der Waals surface area (Å²) >= 11 is 0. The van der Waals surface area contributed by atoms with Gasteiger partial charge in [0.2, 0.25) is 0 Å². The van der Waals surface area contributed by atoms with Crippen molar-refractivity contribution in [1.29, 1.82) is 0 Å². The average Bonchev–Trinajstić information content (AvgIpc) is 2.67. The largest absolute Gasteiger partial charge is 0.293 e. The van der Waals surface area contributed by atoms with Gasteiger partial charge in [0.15, 0.2) is 5.65 Å². The number of hydrogen-bond donors (Lipinski definition) is 1. The lowest BCUT2D eigenvalue weighted by molar-refractivity contribution is 0.873. The Hall–Kier alpha value is -2.43. The molecule has 0 saturated heterocycles. The van der Waals surface area contributed by atoms with Crippen LogP contribution in [0.15, 0.2) is 23.1 Å². The molecule has 0 aliphatic heterocycles. The smallest absolute Gasteiger partial charge is 0.272 e. The number of fused-ring (bicyclic) bond motifs is 1. The second-order valence-corrected chi connectivity index (χ2v) is 5.15. The van der Waals surface area contributed by atoms with Crippen LogP contribution >= 0.6 is 0 Å². The molecule has 3 aromatic heterocycles. The third-order valence-corrected chi connectivity index (χ3v) is 3.44. The third kappa shape index (κ3) is 1.82. The monoisotopic (exact) mass is 268 g/mol. The summed E-state index contributed by atoms with van der Waals surface area (Å²) in [4.78, 5) is 20.9. The zero-order chi connectivity index (χ0) is 14.4. The first-order valence-corrected chi connectivity index (χ1v) is 6.50. The quantitative estimate of drug-likeness (QED) is 0.736. The minimum absolute atomic E-state index is 0.0976. The fourth-order valence-electron chi connectivity index (χ4n) is 2.54. The van der Waals surface area contributed by atoms with E-state index in [2.05, 4.69) is 15.1 Å². The lowest BCUT2D eigenvalue weighted by atomic mass is 10.0. The van der Waals surface area contributed by atoms with E-state index in [1.807, 2.05) is 40.0 Å². The summed E-state index contributed by atoms with van der Waals surface area (Å²) in [5.41, 5.74) is 6.23. The first-order valence-electron chi connectivity index (χ1n) is 6.50. The van der Waals surface area contributed by atoms with Gasteiger partial charge in [-0.05, 0) is 39.3 Å². The van der Waals surface area contributed by atoms with Crippen LogP contribution in [-0.2, 0) is 0 Å². The van der Waals surface area contributed by atoms with E-state index in [-0.39, 0.29) is 5.56 Å². The molecule has 0 bridgehead atoms. The second-order valence-electron chi connectivity index (χ2n) is 5.15. The molecule has 0 aliphatic rings. The van der Waals surface area contributed by atoms with Crippen LogP contribution < -0.4 is 5.56 Å². The molecule has 0 saturated carbocycles. The number of aryl methyl sites for hydroxylation is 4. The summed E-state index contributed by atoms with van der Waals surface area (Å²) in [6.07, 6.45) is 1.84. The van der Waals surface area contributed by atoms with Crippen LogP contribution in [0, 0.1) is 27.7 Å². The third-order valence-electron chi connectivity index (χ3n) is 3.44. The molecule has 102 valence electrons. The molecule has 3 aromatic rings. The molecule has 0 spiro atoms. The zero-order valence-corrected chi connectivity index (χ0v) is 12.0. The van der Waals surface area contributed by atoms with Crippen molar-refractivity contribution in [3.05, 3.63) is 51.3 Å². The fourth-order valence-corrected chi connectivity index (χ4v) is 2.54. The van der Waals surface area contributed by atoms with Crippen molar-refractivity contribution in [2.75, 3.05) is 0 Å². The Labute approximate surface area is 116 Å². The van der Waals surface area contributed by atoms with Crippen LogP contribution in [0.5, 0.6) is 0 Å². The molecule has 20 heavy (non-hydrogen) atoms. The maximum atomic E-state index is 12.0. The molecule has 0 fully saturated rings. The molecule has 5 heteroatoms. The number of aromatic amines is 1. The fraction of sp³-hybridized carbons (Fsp3) is 0.267. The van der Waals surface area contributed by atoms with E-state index in [0.29, 0.717) is 11.3 Å². The molecule has 0 aliphatic carbocycles. The SMILES string of the molecule is Cc1cc(C)c(-c2c(C)[nH]n3c(=O)cc(C)nc23)cn1.